The fourth-order valence-electron chi connectivity index (χ4n) is 2.52. The molecule has 1 heterocycles. The van der Waals surface area contributed by atoms with Crippen LogP contribution in [0.4, 0.5) is 10.5 Å². The van der Waals surface area contributed by atoms with Crippen molar-refractivity contribution >= 4 is 21.7 Å². The van der Waals surface area contributed by atoms with Crippen molar-refractivity contribution in [2.75, 3.05) is 12.4 Å². The normalized spacial score (nSPS) is 12.6. The van der Waals surface area contributed by atoms with Gasteiger partial charge in [0.15, 0.2) is 0 Å². The van der Waals surface area contributed by atoms with Crippen molar-refractivity contribution in [3.05, 3.63) is 54.4 Å². The Morgan fingerprint density at radius 2 is 1.96 bits per heavy atom. The number of urea groups is 1. The van der Waals surface area contributed by atoms with Crippen LogP contribution in [0.2, 0.25) is 0 Å². The number of aromatic nitrogens is 1. The molecule has 0 aliphatic carbocycles. The van der Waals surface area contributed by atoms with Crippen LogP contribution in [-0.4, -0.2) is 26.5 Å². The highest BCUT2D eigenvalue weighted by atomic mass is 32.2. The molecule has 0 fully saturated rings. The molecule has 0 saturated heterocycles. The van der Waals surface area contributed by atoms with E-state index in [0.29, 0.717) is 11.6 Å². The van der Waals surface area contributed by atoms with Crippen LogP contribution >= 0.6 is 0 Å². The molecule has 2 amide bonds. The standard InChI is InChI=1S/C18H24N4O3S/c1-13(2)10-17(14-6-5-9-20-12-14)22-18(23)21-15-7-4-8-16(11-15)26(24,25)19-3/h4-9,11-13,17,19H,10H2,1-3H3,(H2,21,22,23)/t17-/m0/s1. The number of nitrogens with one attached hydrogen (secondary N) is 3. The van der Waals surface area contributed by atoms with Gasteiger partial charge in [0.05, 0.1) is 10.9 Å². The number of nitrogens with zero attached hydrogens (tertiary/aromatic N) is 1. The zero-order chi connectivity index (χ0) is 19.2. The highest BCUT2D eigenvalue weighted by molar-refractivity contribution is 7.89. The van der Waals surface area contributed by atoms with E-state index in [4.69, 9.17) is 0 Å². The van der Waals surface area contributed by atoms with Crippen molar-refractivity contribution in [1.82, 2.24) is 15.0 Å². The van der Waals surface area contributed by atoms with E-state index in [1.165, 1.54) is 19.2 Å². The Bertz CT molecular complexity index is 839. The van der Waals surface area contributed by atoms with Gasteiger partial charge in [-0.15, -0.1) is 0 Å². The Labute approximate surface area is 154 Å². The smallest absolute Gasteiger partial charge is 0.319 e. The minimum Gasteiger partial charge on any atom is -0.331 e. The fourth-order valence-corrected chi connectivity index (χ4v) is 3.29. The Kier molecular flexibility index (Phi) is 6.70. The maximum atomic E-state index is 12.4. The molecule has 0 unspecified atom stereocenters. The van der Waals surface area contributed by atoms with Crippen LogP contribution in [0.5, 0.6) is 0 Å². The zero-order valence-corrected chi connectivity index (χ0v) is 15.9. The topological polar surface area (TPSA) is 100 Å². The van der Waals surface area contributed by atoms with E-state index in [0.717, 1.165) is 12.0 Å². The summed E-state index contributed by atoms with van der Waals surface area (Å²) in [5.74, 6) is 0.379. The second kappa shape index (κ2) is 8.77. The molecule has 8 heteroatoms. The average molecular weight is 376 g/mol. The third kappa shape index (κ3) is 5.53. The quantitative estimate of drug-likeness (QED) is 0.692. The monoisotopic (exact) mass is 376 g/mol. The first-order valence-corrected chi connectivity index (χ1v) is 9.81. The van der Waals surface area contributed by atoms with Crippen LogP contribution in [0.15, 0.2) is 53.7 Å². The molecular formula is C18H24N4O3S. The van der Waals surface area contributed by atoms with Crippen molar-refractivity contribution in [1.29, 1.82) is 0 Å². The summed E-state index contributed by atoms with van der Waals surface area (Å²) in [5, 5.41) is 5.62. The van der Waals surface area contributed by atoms with Gasteiger partial charge in [-0.3, -0.25) is 4.98 Å². The lowest BCUT2D eigenvalue weighted by Gasteiger charge is -2.21. The lowest BCUT2D eigenvalue weighted by Crippen LogP contribution is -2.33. The number of anilines is 1. The van der Waals surface area contributed by atoms with Gasteiger partial charge >= 0.3 is 6.03 Å². The van der Waals surface area contributed by atoms with Crippen LogP contribution < -0.4 is 15.4 Å². The molecule has 7 nitrogen and oxygen atoms in total. The number of carbonyl (C=O) groups excluding carboxylic acids is 1. The summed E-state index contributed by atoms with van der Waals surface area (Å²) < 4.78 is 26.0. The van der Waals surface area contributed by atoms with Crippen LogP contribution in [0.3, 0.4) is 0 Å². The first kappa shape index (κ1) is 19.9. The van der Waals surface area contributed by atoms with E-state index in [1.807, 2.05) is 12.1 Å². The first-order chi connectivity index (χ1) is 12.3. The maximum Gasteiger partial charge on any atom is 0.319 e. The van der Waals surface area contributed by atoms with E-state index in [1.54, 1.807) is 24.5 Å². The predicted octanol–water partition coefficient (Wildman–Crippen LogP) is 2.90. The van der Waals surface area contributed by atoms with E-state index in [2.05, 4.69) is 34.2 Å². The van der Waals surface area contributed by atoms with E-state index in [9.17, 15) is 13.2 Å². The van der Waals surface area contributed by atoms with Gasteiger partial charge in [0.1, 0.15) is 0 Å². The Hall–Kier alpha value is -2.45. The van der Waals surface area contributed by atoms with E-state index in [-0.39, 0.29) is 10.9 Å². The summed E-state index contributed by atoms with van der Waals surface area (Å²) in [7, 11) is -2.23. The van der Waals surface area contributed by atoms with Gasteiger partial charge < -0.3 is 10.6 Å². The van der Waals surface area contributed by atoms with Gasteiger partial charge in [-0.1, -0.05) is 26.0 Å². The summed E-state index contributed by atoms with van der Waals surface area (Å²) in [6.45, 7) is 4.16. The average Bonchev–Trinajstić information content (AvgIpc) is 2.61. The number of hydrogen-bond donors (Lipinski definition) is 3. The number of pyridine rings is 1. The number of carbonyl (C=O) groups is 1. The van der Waals surface area contributed by atoms with Crippen molar-refractivity contribution in [3.8, 4) is 0 Å². The lowest BCUT2D eigenvalue weighted by atomic mass is 9.98. The molecule has 1 aromatic heterocycles. The Morgan fingerprint density at radius 3 is 2.58 bits per heavy atom. The number of benzene rings is 1. The first-order valence-electron chi connectivity index (χ1n) is 8.33. The lowest BCUT2D eigenvalue weighted by molar-refractivity contribution is 0.246. The SMILES string of the molecule is CNS(=O)(=O)c1cccc(NC(=O)N[C@@H](CC(C)C)c2cccnc2)c1. The van der Waals surface area contributed by atoms with Gasteiger partial charge in [-0.25, -0.2) is 17.9 Å². The molecular weight excluding hydrogens is 352 g/mol. The largest absolute Gasteiger partial charge is 0.331 e. The number of hydrogen-bond acceptors (Lipinski definition) is 4. The Balaban J connectivity index is 2.12. The molecule has 1 atom stereocenters. The summed E-state index contributed by atoms with van der Waals surface area (Å²) >= 11 is 0. The second-order valence-electron chi connectivity index (χ2n) is 6.30. The molecule has 26 heavy (non-hydrogen) atoms. The highest BCUT2D eigenvalue weighted by Gasteiger charge is 2.17. The highest BCUT2D eigenvalue weighted by Crippen LogP contribution is 2.21. The zero-order valence-electron chi connectivity index (χ0n) is 15.1. The van der Waals surface area contributed by atoms with E-state index >= 15 is 0 Å². The van der Waals surface area contributed by atoms with Crippen LogP contribution in [0, 0.1) is 5.92 Å². The number of amides is 2. The molecule has 0 saturated carbocycles. The second-order valence-corrected chi connectivity index (χ2v) is 8.19. The predicted molar refractivity (Wildman–Crippen MR) is 101 cm³/mol. The number of sulfonamides is 1. The molecule has 2 rings (SSSR count). The minimum atomic E-state index is -3.57. The number of rotatable bonds is 7. The van der Waals surface area contributed by atoms with Crippen molar-refractivity contribution in [2.45, 2.75) is 31.2 Å². The molecule has 0 spiro atoms. The summed E-state index contributed by atoms with van der Waals surface area (Å²) in [6, 6.07) is 9.24. The molecule has 3 N–H and O–H groups in total. The molecule has 1 aromatic carbocycles. The van der Waals surface area contributed by atoms with Crippen molar-refractivity contribution in [3.63, 3.8) is 0 Å². The van der Waals surface area contributed by atoms with Crippen molar-refractivity contribution in [2.24, 2.45) is 5.92 Å². The van der Waals surface area contributed by atoms with Gasteiger partial charge in [0, 0.05) is 18.1 Å². The minimum absolute atomic E-state index is 0.0868. The Morgan fingerprint density at radius 1 is 1.19 bits per heavy atom. The van der Waals surface area contributed by atoms with Gasteiger partial charge in [0.2, 0.25) is 10.0 Å². The molecule has 2 aromatic rings. The summed E-state index contributed by atoms with van der Waals surface area (Å²) in [4.78, 5) is 16.6. The van der Waals surface area contributed by atoms with Crippen LogP contribution in [0.1, 0.15) is 31.9 Å². The van der Waals surface area contributed by atoms with Gasteiger partial charge in [0.25, 0.3) is 0 Å². The fraction of sp³-hybridized carbons (Fsp3) is 0.333. The maximum absolute atomic E-state index is 12.4. The third-order valence-electron chi connectivity index (χ3n) is 3.77. The van der Waals surface area contributed by atoms with Crippen molar-refractivity contribution < 1.29 is 13.2 Å². The van der Waals surface area contributed by atoms with Crippen LogP contribution in [0.25, 0.3) is 0 Å². The molecule has 0 radical (unpaired) electrons. The van der Waals surface area contributed by atoms with E-state index < -0.39 is 16.1 Å². The molecule has 140 valence electrons. The molecule has 0 aliphatic rings. The molecule has 0 bridgehead atoms. The van der Waals surface area contributed by atoms with Gasteiger partial charge in [-0.2, -0.15) is 0 Å². The van der Waals surface area contributed by atoms with Crippen LogP contribution in [-0.2, 0) is 10.0 Å². The third-order valence-corrected chi connectivity index (χ3v) is 5.18. The summed E-state index contributed by atoms with van der Waals surface area (Å²) in [6.07, 6.45) is 4.17. The van der Waals surface area contributed by atoms with Gasteiger partial charge in [-0.05, 0) is 49.2 Å². The summed E-state index contributed by atoms with van der Waals surface area (Å²) in [5.41, 5.74) is 1.32. The molecule has 0 aliphatic heterocycles.